The van der Waals surface area contributed by atoms with Gasteiger partial charge in [0.2, 0.25) is 5.91 Å². The number of aryl methyl sites for hydroxylation is 1. The highest BCUT2D eigenvalue weighted by Gasteiger charge is 2.21. The zero-order chi connectivity index (χ0) is 17.6. The predicted molar refractivity (Wildman–Crippen MR) is 103 cm³/mol. The summed E-state index contributed by atoms with van der Waals surface area (Å²) in [6.45, 7) is 9.67. The Bertz CT molecular complexity index is 569. The Morgan fingerprint density at radius 2 is 2.00 bits per heavy atom. The second-order valence-corrected chi connectivity index (χ2v) is 7.68. The number of likely N-dealkylation sites (tertiary alicyclic amines) is 1. The molecule has 0 aliphatic carbocycles. The van der Waals surface area contributed by atoms with Crippen LogP contribution in [0.25, 0.3) is 0 Å². The zero-order valence-electron chi connectivity index (χ0n) is 15.7. The van der Waals surface area contributed by atoms with Gasteiger partial charge in [-0.25, -0.2) is 0 Å². The molecule has 1 unspecified atom stereocenters. The maximum atomic E-state index is 12.3. The quantitative estimate of drug-likeness (QED) is 0.880. The fraction of sp³-hybridized carbons (Fsp3) is 0.650. The number of carbonyl (C=O) groups excluding carboxylic acids is 1. The molecule has 0 bridgehead atoms. The molecule has 0 spiro atoms. The Labute approximate surface area is 152 Å². The molecule has 138 valence electrons. The topological polar surface area (TPSA) is 38.8 Å². The molecule has 0 saturated carbocycles. The van der Waals surface area contributed by atoms with Crippen molar-refractivity contribution in [3.63, 3.8) is 0 Å². The molecule has 25 heavy (non-hydrogen) atoms. The minimum absolute atomic E-state index is 0.178. The Balaban J connectivity index is 1.37. The summed E-state index contributed by atoms with van der Waals surface area (Å²) < 4.78 is 0. The summed E-state index contributed by atoms with van der Waals surface area (Å²) in [5.41, 5.74) is 2.60. The SMILES string of the molecule is Cc1cccc(N2CCN(CC(=O)NCC3CCCN(C)C3)CC2)c1. The van der Waals surface area contributed by atoms with Gasteiger partial charge in [-0.05, 0) is 57.0 Å². The van der Waals surface area contributed by atoms with Crippen molar-refractivity contribution in [1.29, 1.82) is 0 Å². The Morgan fingerprint density at radius 1 is 1.20 bits per heavy atom. The fourth-order valence-electron chi connectivity index (χ4n) is 3.95. The number of hydrogen-bond donors (Lipinski definition) is 1. The molecule has 0 aromatic heterocycles. The number of amides is 1. The summed E-state index contributed by atoms with van der Waals surface area (Å²) in [7, 11) is 2.17. The number of piperidine rings is 1. The fourth-order valence-corrected chi connectivity index (χ4v) is 3.95. The van der Waals surface area contributed by atoms with E-state index in [0.29, 0.717) is 12.5 Å². The third-order valence-corrected chi connectivity index (χ3v) is 5.42. The van der Waals surface area contributed by atoms with Crippen molar-refractivity contribution in [3.05, 3.63) is 29.8 Å². The molecule has 1 aromatic carbocycles. The van der Waals surface area contributed by atoms with Gasteiger partial charge in [-0.1, -0.05) is 12.1 Å². The van der Waals surface area contributed by atoms with E-state index in [1.165, 1.54) is 30.6 Å². The summed E-state index contributed by atoms with van der Waals surface area (Å²) >= 11 is 0. The molecule has 2 saturated heterocycles. The maximum Gasteiger partial charge on any atom is 0.234 e. The molecule has 2 aliphatic heterocycles. The van der Waals surface area contributed by atoms with Crippen LogP contribution in [0.3, 0.4) is 0 Å². The van der Waals surface area contributed by atoms with Gasteiger partial charge >= 0.3 is 0 Å². The summed E-state index contributed by atoms with van der Waals surface area (Å²) in [6.07, 6.45) is 2.48. The Kier molecular flexibility index (Phi) is 6.32. The standard InChI is InChI=1S/C20H32N4O/c1-17-5-3-7-19(13-17)24-11-9-23(10-12-24)16-20(25)21-14-18-6-4-8-22(2)15-18/h3,5,7,13,18H,4,6,8-12,14-16H2,1-2H3,(H,21,25). The summed E-state index contributed by atoms with van der Waals surface area (Å²) in [5, 5.41) is 3.15. The number of hydrogen-bond acceptors (Lipinski definition) is 4. The lowest BCUT2D eigenvalue weighted by atomic mass is 9.98. The minimum Gasteiger partial charge on any atom is -0.369 e. The highest BCUT2D eigenvalue weighted by atomic mass is 16.2. The summed E-state index contributed by atoms with van der Waals surface area (Å²) in [6, 6.07) is 8.67. The molecule has 5 heteroatoms. The van der Waals surface area contributed by atoms with E-state index < -0.39 is 0 Å². The van der Waals surface area contributed by atoms with Crippen molar-refractivity contribution in [2.24, 2.45) is 5.92 Å². The molecule has 2 fully saturated rings. The van der Waals surface area contributed by atoms with Gasteiger partial charge in [0.05, 0.1) is 6.54 Å². The van der Waals surface area contributed by atoms with Gasteiger partial charge in [0.1, 0.15) is 0 Å². The molecule has 2 aliphatic rings. The first-order chi connectivity index (χ1) is 12.1. The van der Waals surface area contributed by atoms with Crippen LogP contribution in [0.2, 0.25) is 0 Å². The van der Waals surface area contributed by atoms with E-state index in [9.17, 15) is 4.79 Å². The number of carbonyl (C=O) groups is 1. The second kappa shape index (κ2) is 8.68. The summed E-state index contributed by atoms with van der Waals surface area (Å²) in [5.74, 6) is 0.790. The summed E-state index contributed by atoms with van der Waals surface area (Å²) in [4.78, 5) is 19.3. The molecule has 1 aromatic rings. The molecule has 3 rings (SSSR count). The van der Waals surface area contributed by atoms with Gasteiger partial charge in [0.15, 0.2) is 0 Å². The van der Waals surface area contributed by atoms with Crippen LogP contribution in [0.1, 0.15) is 18.4 Å². The molecule has 0 radical (unpaired) electrons. The lowest BCUT2D eigenvalue weighted by Gasteiger charge is -2.36. The molecule has 1 atom stereocenters. The number of nitrogens with one attached hydrogen (secondary N) is 1. The number of anilines is 1. The smallest absolute Gasteiger partial charge is 0.234 e. The van der Waals surface area contributed by atoms with Crippen molar-refractivity contribution in [1.82, 2.24) is 15.1 Å². The average molecular weight is 345 g/mol. The van der Waals surface area contributed by atoms with Crippen LogP contribution in [-0.2, 0) is 4.79 Å². The lowest BCUT2D eigenvalue weighted by Crippen LogP contribution is -2.50. The van der Waals surface area contributed by atoms with E-state index in [1.54, 1.807) is 0 Å². The van der Waals surface area contributed by atoms with E-state index in [2.05, 4.69) is 58.3 Å². The van der Waals surface area contributed by atoms with E-state index in [4.69, 9.17) is 0 Å². The molecule has 5 nitrogen and oxygen atoms in total. The largest absolute Gasteiger partial charge is 0.369 e. The molecule has 2 heterocycles. The minimum atomic E-state index is 0.178. The monoisotopic (exact) mass is 344 g/mol. The average Bonchev–Trinajstić information content (AvgIpc) is 2.61. The predicted octanol–water partition coefficient (Wildman–Crippen LogP) is 1.58. The highest BCUT2D eigenvalue weighted by Crippen LogP contribution is 2.18. The van der Waals surface area contributed by atoms with Crippen LogP contribution in [0.5, 0.6) is 0 Å². The van der Waals surface area contributed by atoms with Gasteiger partial charge in [-0.3, -0.25) is 9.69 Å². The first-order valence-electron chi connectivity index (χ1n) is 9.59. The van der Waals surface area contributed by atoms with E-state index in [1.807, 2.05) is 0 Å². The van der Waals surface area contributed by atoms with Crippen LogP contribution >= 0.6 is 0 Å². The van der Waals surface area contributed by atoms with E-state index in [-0.39, 0.29) is 5.91 Å². The van der Waals surface area contributed by atoms with E-state index in [0.717, 1.165) is 39.3 Å². The van der Waals surface area contributed by atoms with Crippen LogP contribution in [-0.4, -0.2) is 75.1 Å². The molecular weight excluding hydrogens is 312 g/mol. The Hall–Kier alpha value is -1.59. The van der Waals surface area contributed by atoms with Gasteiger partial charge in [-0.15, -0.1) is 0 Å². The molecular formula is C20H32N4O. The van der Waals surface area contributed by atoms with Crippen molar-refractivity contribution in [2.45, 2.75) is 19.8 Å². The van der Waals surface area contributed by atoms with Gasteiger partial charge in [0.25, 0.3) is 0 Å². The van der Waals surface area contributed by atoms with Gasteiger partial charge in [0, 0.05) is 45.0 Å². The number of piperazine rings is 1. The van der Waals surface area contributed by atoms with Crippen LogP contribution in [0.4, 0.5) is 5.69 Å². The Morgan fingerprint density at radius 3 is 2.72 bits per heavy atom. The maximum absolute atomic E-state index is 12.3. The normalized spacial score (nSPS) is 22.8. The third kappa shape index (κ3) is 5.44. The van der Waals surface area contributed by atoms with Crippen LogP contribution in [0, 0.1) is 12.8 Å². The molecule has 1 amide bonds. The van der Waals surface area contributed by atoms with Crippen LogP contribution < -0.4 is 10.2 Å². The first-order valence-corrected chi connectivity index (χ1v) is 9.59. The van der Waals surface area contributed by atoms with E-state index >= 15 is 0 Å². The highest BCUT2D eigenvalue weighted by molar-refractivity contribution is 5.78. The van der Waals surface area contributed by atoms with Gasteiger partial charge < -0.3 is 15.1 Å². The van der Waals surface area contributed by atoms with Crippen molar-refractivity contribution < 1.29 is 4.79 Å². The van der Waals surface area contributed by atoms with Crippen molar-refractivity contribution in [3.8, 4) is 0 Å². The first kappa shape index (κ1) is 18.2. The number of nitrogens with zero attached hydrogens (tertiary/aromatic N) is 3. The number of benzene rings is 1. The van der Waals surface area contributed by atoms with Crippen LogP contribution in [0.15, 0.2) is 24.3 Å². The van der Waals surface area contributed by atoms with Gasteiger partial charge in [-0.2, -0.15) is 0 Å². The van der Waals surface area contributed by atoms with Crippen molar-refractivity contribution in [2.75, 3.05) is 64.3 Å². The lowest BCUT2D eigenvalue weighted by molar-refractivity contribution is -0.122. The third-order valence-electron chi connectivity index (χ3n) is 5.42. The van der Waals surface area contributed by atoms with Crippen molar-refractivity contribution >= 4 is 11.6 Å². The zero-order valence-corrected chi connectivity index (χ0v) is 15.7. The molecule has 1 N–H and O–H groups in total. The number of rotatable bonds is 5. The second-order valence-electron chi connectivity index (χ2n) is 7.68.